The van der Waals surface area contributed by atoms with Crippen LogP contribution in [0.3, 0.4) is 0 Å². The standard InChI is InChI=1S/C14H19F/c1-6-14(15)12(5)13-8-7-9(2)10(3)11(13)4/h6,9H,3-4,7-8H2,1-2,5H3/b13-12-,14-6+. The first-order chi connectivity index (χ1) is 6.99. The van der Waals surface area contributed by atoms with E-state index in [0.717, 1.165) is 35.1 Å². The fraction of sp³-hybridized carbons (Fsp3) is 0.429. The maximum absolute atomic E-state index is 13.4. The van der Waals surface area contributed by atoms with Gasteiger partial charge in [-0.05, 0) is 54.9 Å². The number of allylic oxidation sites excluding steroid dienone is 6. The Morgan fingerprint density at radius 2 is 2.07 bits per heavy atom. The van der Waals surface area contributed by atoms with E-state index >= 15 is 0 Å². The second-order valence-electron chi connectivity index (χ2n) is 4.18. The first-order valence-electron chi connectivity index (χ1n) is 5.39. The van der Waals surface area contributed by atoms with Gasteiger partial charge in [0.05, 0.1) is 0 Å². The predicted octanol–water partition coefficient (Wildman–Crippen LogP) is 4.72. The van der Waals surface area contributed by atoms with Crippen molar-refractivity contribution < 1.29 is 4.39 Å². The van der Waals surface area contributed by atoms with Gasteiger partial charge in [0, 0.05) is 0 Å². The predicted molar refractivity (Wildman–Crippen MR) is 64.2 cm³/mol. The van der Waals surface area contributed by atoms with Crippen LogP contribution in [-0.2, 0) is 0 Å². The lowest BCUT2D eigenvalue weighted by Gasteiger charge is -2.27. The van der Waals surface area contributed by atoms with Gasteiger partial charge < -0.3 is 0 Å². The molecular formula is C14H19F. The van der Waals surface area contributed by atoms with Crippen LogP contribution in [0, 0.1) is 5.92 Å². The van der Waals surface area contributed by atoms with Crippen molar-refractivity contribution in [3.05, 3.63) is 47.4 Å². The van der Waals surface area contributed by atoms with Gasteiger partial charge in [-0.2, -0.15) is 0 Å². The fourth-order valence-corrected chi connectivity index (χ4v) is 1.95. The molecule has 0 bridgehead atoms. The second kappa shape index (κ2) is 4.61. The molecule has 0 aromatic rings. The molecule has 0 radical (unpaired) electrons. The van der Waals surface area contributed by atoms with Gasteiger partial charge in [0.25, 0.3) is 0 Å². The molecule has 1 aliphatic rings. The summed E-state index contributed by atoms with van der Waals surface area (Å²) in [4.78, 5) is 0. The summed E-state index contributed by atoms with van der Waals surface area (Å²) in [7, 11) is 0. The highest BCUT2D eigenvalue weighted by Gasteiger charge is 2.22. The normalized spacial score (nSPS) is 26.9. The Hall–Kier alpha value is -1.11. The van der Waals surface area contributed by atoms with Crippen molar-refractivity contribution in [3.63, 3.8) is 0 Å². The SMILES string of the molecule is C=C1C(=C)C(C)CC/C1=C(C)/C(F)=C\C. The summed E-state index contributed by atoms with van der Waals surface area (Å²) in [6.45, 7) is 13.7. The van der Waals surface area contributed by atoms with Crippen LogP contribution in [0.1, 0.15) is 33.6 Å². The fourth-order valence-electron chi connectivity index (χ4n) is 1.95. The van der Waals surface area contributed by atoms with Crippen molar-refractivity contribution in [1.29, 1.82) is 0 Å². The summed E-state index contributed by atoms with van der Waals surface area (Å²) in [5, 5.41) is 0. The van der Waals surface area contributed by atoms with Crippen LogP contribution in [-0.4, -0.2) is 0 Å². The van der Waals surface area contributed by atoms with Crippen molar-refractivity contribution >= 4 is 0 Å². The first-order valence-corrected chi connectivity index (χ1v) is 5.39. The van der Waals surface area contributed by atoms with Crippen molar-refractivity contribution in [2.24, 2.45) is 5.92 Å². The van der Waals surface area contributed by atoms with E-state index in [0.29, 0.717) is 5.92 Å². The lowest BCUT2D eigenvalue weighted by atomic mass is 9.78. The minimum atomic E-state index is -0.145. The molecule has 1 unspecified atom stereocenters. The third-order valence-electron chi connectivity index (χ3n) is 3.24. The van der Waals surface area contributed by atoms with Gasteiger partial charge in [-0.25, -0.2) is 4.39 Å². The molecule has 0 N–H and O–H groups in total. The van der Waals surface area contributed by atoms with Crippen molar-refractivity contribution in [1.82, 2.24) is 0 Å². The van der Waals surface area contributed by atoms with Gasteiger partial charge in [-0.3, -0.25) is 0 Å². The maximum atomic E-state index is 13.4. The molecule has 0 heterocycles. The molecule has 1 fully saturated rings. The van der Waals surface area contributed by atoms with E-state index in [1.54, 1.807) is 6.92 Å². The van der Waals surface area contributed by atoms with E-state index in [2.05, 4.69) is 20.1 Å². The zero-order valence-electron chi connectivity index (χ0n) is 9.86. The van der Waals surface area contributed by atoms with E-state index < -0.39 is 0 Å². The summed E-state index contributed by atoms with van der Waals surface area (Å²) in [6, 6.07) is 0. The Labute approximate surface area is 91.9 Å². The third-order valence-corrected chi connectivity index (χ3v) is 3.24. The van der Waals surface area contributed by atoms with E-state index in [-0.39, 0.29) is 5.83 Å². The summed E-state index contributed by atoms with van der Waals surface area (Å²) in [5.41, 5.74) is 3.74. The molecule has 0 aliphatic heterocycles. The molecule has 15 heavy (non-hydrogen) atoms. The minimum Gasteiger partial charge on any atom is -0.207 e. The van der Waals surface area contributed by atoms with Crippen LogP contribution < -0.4 is 0 Å². The van der Waals surface area contributed by atoms with Crippen LogP contribution >= 0.6 is 0 Å². The molecule has 82 valence electrons. The lowest BCUT2D eigenvalue weighted by molar-refractivity contribution is 0.583. The van der Waals surface area contributed by atoms with Crippen LogP contribution in [0.4, 0.5) is 4.39 Å². The highest BCUT2D eigenvalue weighted by molar-refractivity contribution is 5.51. The molecule has 0 saturated heterocycles. The highest BCUT2D eigenvalue weighted by Crippen LogP contribution is 2.38. The molecule has 1 heteroatoms. The maximum Gasteiger partial charge on any atom is 0.122 e. The second-order valence-corrected chi connectivity index (χ2v) is 4.18. The zero-order chi connectivity index (χ0) is 11.6. The smallest absolute Gasteiger partial charge is 0.122 e. The lowest BCUT2D eigenvalue weighted by Crippen LogP contribution is -2.11. The van der Waals surface area contributed by atoms with Gasteiger partial charge in [-0.1, -0.05) is 26.2 Å². The number of hydrogen-bond acceptors (Lipinski definition) is 0. The van der Waals surface area contributed by atoms with E-state index in [1.165, 1.54) is 6.08 Å². The largest absolute Gasteiger partial charge is 0.207 e. The van der Waals surface area contributed by atoms with E-state index in [4.69, 9.17) is 0 Å². The van der Waals surface area contributed by atoms with Gasteiger partial charge in [0.1, 0.15) is 5.83 Å². The summed E-state index contributed by atoms with van der Waals surface area (Å²) in [5.74, 6) is 0.330. The molecule has 1 atom stereocenters. The van der Waals surface area contributed by atoms with E-state index in [9.17, 15) is 4.39 Å². The summed E-state index contributed by atoms with van der Waals surface area (Å²) >= 11 is 0. The van der Waals surface area contributed by atoms with Crippen LogP contribution in [0.5, 0.6) is 0 Å². The number of hydrogen-bond donors (Lipinski definition) is 0. The van der Waals surface area contributed by atoms with Gasteiger partial charge in [0.2, 0.25) is 0 Å². The van der Waals surface area contributed by atoms with Crippen molar-refractivity contribution in [2.75, 3.05) is 0 Å². The van der Waals surface area contributed by atoms with Crippen LogP contribution in [0.25, 0.3) is 0 Å². The first kappa shape index (κ1) is 12.0. The molecule has 0 nitrogen and oxygen atoms in total. The Balaban J connectivity index is 3.08. The van der Waals surface area contributed by atoms with Gasteiger partial charge >= 0.3 is 0 Å². The Bertz CT molecular complexity index is 356. The van der Waals surface area contributed by atoms with Crippen molar-refractivity contribution in [3.8, 4) is 0 Å². The summed E-state index contributed by atoms with van der Waals surface area (Å²) in [6.07, 6.45) is 3.45. The topological polar surface area (TPSA) is 0 Å². The van der Waals surface area contributed by atoms with E-state index in [1.807, 2.05) is 6.92 Å². The molecule has 0 amide bonds. The van der Waals surface area contributed by atoms with Crippen LogP contribution in [0.2, 0.25) is 0 Å². The minimum absolute atomic E-state index is 0.145. The monoisotopic (exact) mass is 206 g/mol. The molecule has 1 aliphatic carbocycles. The zero-order valence-corrected chi connectivity index (χ0v) is 9.86. The summed E-state index contributed by atoms with van der Waals surface area (Å²) < 4.78 is 13.4. The Morgan fingerprint density at radius 3 is 2.60 bits per heavy atom. The van der Waals surface area contributed by atoms with Crippen LogP contribution in [0.15, 0.2) is 47.4 Å². The average molecular weight is 206 g/mol. The molecule has 1 saturated carbocycles. The molecular weight excluding hydrogens is 187 g/mol. The molecule has 0 aromatic heterocycles. The third kappa shape index (κ3) is 2.28. The molecule has 0 spiro atoms. The number of rotatable bonds is 1. The van der Waals surface area contributed by atoms with Crippen molar-refractivity contribution in [2.45, 2.75) is 33.6 Å². The van der Waals surface area contributed by atoms with Gasteiger partial charge in [0.15, 0.2) is 0 Å². The molecule has 0 aromatic carbocycles. The quantitative estimate of drug-likeness (QED) is 0.582. The highest BCUT2D eigenvalue weighted by atomic mass is 19.1. The Kier molecular flexibility index (Phi) is 3.67. The van der Waals surface area contributed by atoms with Gasteiger partial charge in [-0.15, -0.1) is 0 Å². The number of halogens is 1. The Morgan fingerprint density at radius 1 is 1.47 bits per heavy atom. The molecule has 1 rings (SSSR count). The average Bonchev–Trinajstić information content (AvgIpc) is 2.24.